The molecule has 1 aromatic carbocycles. The summed E-state index contributed by atoms with van der Waals surface area (Å²) in [4.78, 5) is 26.6. The van der Waals surface area contributed by atoms with Crippen molar-refractivity contribution in [3.63, 3.8) is 0 Å². The van der Waals surface area contributed by atoms with Crippen LogP contribution in [-0.2, 0) is 28.1 Å². The molecule has 124 valence electrons. The molecule has 1 aromatic heterocycles. The number of nitrogens with zero attached hydrogens (tertiary/aromatic N) is 3. The van der Waals surface area contributed by atoms with E-state index in [1.807, 2.05) is 37.4 Å². The molecular formula is C17H18N4O2S. The van der Waals surface area contributed by atoms with Crippen LogP contribution in [0.3, 0.4) is 0 Å². The number of aromatic nitrogens is 2. The molecule has 24 heavy (non-hydrogen) atoms. The van der Waals surface area contributed by atoms with Crippen LogP contribution in [0.25, 0.3) is 0 Å². The fraction of sp³-hybridized carbons (Fsp3) is 0.353. The molecule has 1 saturated heterocycles. The van der Waals surface area contributed by atoms with Crippen molar-refractivity contribution >= 4 is 35.1 Å². The van der Waals surface area contributed by atoms with Gasteiger partial charge in [0.05, 0.1) is 11.6 Å². The molecule has 1 atom stereocenters. The van der Waals surface area contributed by atoms with Gasteiger partial charge in [-0.3, -0.25) is 14.3 Å². The Morgan fingerprint density at radius 3 is 2.88 bits per heavy atom. The zero-order chi connectivity index (χ0) is 16.7. The quantitative estimate of drug-likeness (QED) is 0.928. The van der Waals surface area contributed by atoms with Gasteiger partial charge in [0.2, 0.25) is 11.8 Å². The van der Waals surface area contributed by atoms with Gasteiger partial charge in [-0.1, -0.05) is 18.2 Å². The highest BCUT2D eigenvalue weighted by Gasteiger charge is 2.36. The van der Waals surface area contributed by atoms with Gasteiger partial charge in [-0.25, -0.2) is 0 Å². The van der Waals surface area contributed by atoms with Gasteiger partial charge in [0, 0.05) is 42.8 Å². The van der Waals surface area contributed by atoms with E-state index >= 15 is 0 Å². The number of hydrogen-bond donors (Lipinski definition) is 1. The highest BCUT2D eigenvalue weighted by molar-refractivity contribution is 7.98. The van der Waals surface area contributed by atoms with Crippen LogP contribution in [0.5, 0.6) is 0 Å². The van der Waals surface area contributed by atoms with Gasteiger partial charge in [0.25, 0.3) is 0 Å². The molecule has 0 aliphatic carbocycles. The molecule has 0 radical (unpaired) electrons. The summed E-state index contributed by atoms with van der Waals surface area (Å²) in [6, 6.07) is 9.49. The Labute approximate surface area is 144 Å². The maximum Gasteiger partial charge on any atom is 0.230 e. The van der Waals surface area contributed by atoms with Crippen molar-refractivity contribution in [1.29, 1.82) is 0 Å². The van der Waals surface area contributed by atoms with Gasteiger partial charge in [-0.15, -0.1) is 0 Å². The van der Waals surface area contributed by atoms with Crippen molar-refractivity contribution in [2.75, 3.05) is 16.8 Å². The van der Waals surface area contributed by atoms with Crippen LogP contribution >= 0.6 is 11.8 Å². The van der Waals surface area contributed by atoms with E-state index < -0.39 is 0 Å². The third kappa shape index (κ3) is 2.58. The number of carbonyl (C=O) groups is 2. The monoisotopic (exact) mass is 342 g/mol. The number of anilines is 2. The van der Waals surface area contributed by atoms with Crippen LogP contribution in [0.2, 0.25) is 0 Å². The molecule has 2 amide bonds. The van der Waals surface area contributed by atoms with Crippen molar-refractivity contribution < 1.29 is 9.59 Å². The summed E-state index contributed by atoms with van der Waals surface area (Å²) >= 11 is 1.80. The van der Waals surface area contributed by atoms with E-state index in [1.54, 1.807) is 21.3 Å². The fourth-order valence-electron chi connectivity index (χ4n) is 3.26. The van der Waals surface area contributed by atoms with Crippen molar-refractivity contribution in [3.05, 3.63) is 41.6 Å². The lowest BCUT2D eigenvalue weighted by Gasteiger charge is -2.16. The summed E-state index contributed by atoms with van der Waals surface area (Å²) in [5, 5.41) is 7.45. The first kappa shape index (κ1) is 15.3. The molecule has 2 aliphatic rings. The molecule has 2 aliphatic heterocycles. The van der Waals surface area contributed by atoms with E-state index in [0.717, 1.165) is 34.3 Å². The summed E-state index contributed by atoms with van der Waals surface area (Å²) in [5.41, 5.74) is 3.00. The van der Waals surface area contributed by atoms with Gasteiger partial charge < -0.3 is 10.2 Å². The second-order valence-corrected chi connectivity index (χ2v) is 7.11. The first-order chi connectivity index (χ1) is 11.6. The zero-order valence-electron chi connectivity index (χ0n) is 13.4. The number of nitrogens with one attached hydrogen (secondary N) is 1. The highest BCUT2D eigenvalue weighted by atomic mass is 32.2. The third-order valence-corrected chi connectivity index (χ3v) is 5.49. The summed E-state index contributed by atoms with van der Waals surface area (Å²) in [6.07, 6.45) is 0.246. The molecule has 2 aromatic rings. The predicted octanol–water partition coefficient (Wildman–Crippen LogP) is 2.16. The average molecular weight is 342 g/mol. The third-order valence-electron chi connectivity index (χ3n) is 4.52. The smallest absolute Gasteiger partial charge is 0.230 e. The highest BCUT2D eigenvalue weighted by Crippen LogP contribution is 2.34. The average Bonchev–Trinajstić information content (AvgIpc) is 3.25. The van der Waals surface area contributed by atoms with Crippen LogP contribution in [-0.4, -0.2) is 28.1 Å². The summed E-state index contributed by atoms with van der Waals surface area (Å²) in [6.45, 7) is 0.420. The largest absolute Gasteiger partial charge is 0.312 e. The van der Waals surface area contributed by atoms with Gasteiger partial charge in [0.1, 0.15) is 5.82 Å². The first-order valence-corrected chi connectivity index (χ1v) is 9.07. The van der Waals surface area contributed by atoms with Crippen LogP contribution < -0.4 is 10.2 Å². The van der Waals surface area contributed by atoms with E-state index in [0.29, 0.717) is 6.54 Å². The lowest BCUT2D eigenvalue weighted by molar-refractivity contribution is -0.122. The minimum absolute atomic E-state index is 0.00728. The maximum absolute atomic E-state index is 12.6. The lowest BCUT2D eigenvalue weighted by Crippen LogP contribution is -2.28. The summed E-state index contributed by atoms with van der Waals surface area (Å²) < 4.78 is 1.73. The van der Waals surface area contributed by atoms with Crippen molar-refractivity contribution in [2.24, 2.45) is 13.0 Å². The number of carbonyl (C=O) groups excluding carboxylic acids is 2. The van der Waals surface area contributed by atoms with Gasteiger partial charge in [-0.05, 0) is 12.1 Å². The van der Waals surface area contributed by atoms with Crippen molar-refractivity contribution in [3.8, 4) is 0 Å². The molecule has 0 saturated carbocycles. The fourth-order valence-corrected chi connectivity index (χ4v) is 4.29. The lowest BCUT2D eigenvalue weighted by atomic mass is 10.1. The summed E-state index contributed by atoms with van der Waals surface area (Å²) in [7, 11) is 1.84. The van der Waals surface area contributed by atoms with Crippen LogP contribution in [0.4, 0.5) is 11.5 Å². The molecule has 7 heteroatoms. The maximum atomic E-state index is 12.6. The normalized spacial score (nSPS) is 19.6. The topological polar surface area (TPSA) is 67.2 Å². The number of thioether (sulfide) groups is 1. The Balaban J connectivity index is 1.49. The number of amides is 2. The van der Waals surface area contributed by atoms with Crippen LogP contribution in [0, 0.1) is 5.92 Å². The molecule has 6 nitrogen and oxygen atoms in total. The number of aryl methyl sites for hydroxylation is 1. The Kier molecular flexibility index (Phi) is 3.80. The molecular weight excluding hydrogens is 324 g/mol. The second kappa shape index (κ2) is 5.98. The van der Waals surface area contributed by atoms with E-state index in [2.05, 4.69) is 10.4 Å². The number of hydrogen-bond acceptors (Lipinski definition) is 4. The molecule has 0 bridgehead atoms. The Bertz CT molecular complexity index is 802. The number of benzene rings is 1. The Morgan fingerprint density at radius 2 is 2.08 bits per heavy atom. The van der Waals surface area contributed by atoms with Crippen LogP contribution in [0.1, 0.15) is 17.7 Å². The van der Waals surface area contributed by atoms with Crippen molar-refractivity contribution in [2.45, 2.75) is 17.9 Å². The van der Waals surface area contributed by atoms with E-state index in [1.165, 1.54) is 0 Å². The molecule has 0 unspecified atom stereocenters. The predicted molar refractivity (Wildman–Crippen MR) is 93.7 cm³/mol. The van der Waals surface area contributed by atoms with E-state index in [-0.39, 0.29) is 24.2 Å². The molecule has 1 fully saturated rings. The molecule has 1 N–H and O–H groups in total. The van der Waals surface area contributed by atoms with E-state index in [4.69, 9.17) is 0 Å². The molecule has 4 rings (SSSR count). The zero-order valence-corrected chi connectivity index (χ0v) is 14.2. The standard InChI is InChI=1S/C17H18N4O2S/c1-20-16(13-9-24-10-14(13)19-20)18-17(23)11-7-15(22)21(8-11)12-5-3-2-4-6-12/h2-6,11H,7-10H2,1H3,(H,18,23)/t11-/m1/s1. The number of fused-ring (bicyclic) bond motifs is 1. The van der Waals surface area contributed by atoms with Gasteiger partial charge in [0.15, 0.2) is 0 Å². The van der Waals surface area contributed by atoms with Crippen molar-refractivity contribution in [1.82, 2.24) is 9.78 Å². The van der Waals surface area contributed by atoms with Gasteiger partial charge in [-0.2, -0.15) is 16.9 Å². The minimum Gasteiger partial charge on any atom is -0.312 e. The number of rotatable bonds is 3. The summed E-state index contributed by atoms with van der Waals surface area (Å²) in [5.74, 6) is 2.08. The van der Waals surface area contributed by atoms with Crippen LogP contribution in [0.15, 0.2) is 30.3 Å². The van der Waals surface area contributed by atoms with Gasteiger partial charge >= 0.3 is 0 Å². The minimum atomic E-state index is -0.336. The second-order valence-electron chi connectivity index (χ2n) is 6.12. The Morgan fingerprint density at radius 1 is 1.29 bits per heavy atom. The molecule has 0 spiro atoms. The SMILES string of the molecule is Cn1nc2c(c1NC(=O)[C@@H]1CC(=O)N(c3ccccc3)C1)CSC2. The number of para-hydroxylation sites is 1. The molecule has 3 heterocycles. The Hall–Kier alpha value is -2.28. The first-order valence-electron chi connectivity index (χ1n) is 7.92. The van der Waals surface area contributed by atoms with E-state index in [9.17, 15) is 9.59 Å².